The Labute approximate surface area is 165 Å². The van der Waals surface area contributed by atoms with Gasteiger partial charge < -0.3 is 19.9 Å². The molecule has 28 heavy (non-hydrogen) atoms. The van der Waals surface area contributed by atoms with E-state index in [1.807, 2.05) is 55.6 Å². The first-order chi connectivity index (χ1) is 13.8. The molecular formula is C21H24N6O. The van der Waals surface area contributed by atoms with Crippen LogP contribution in [-0.2, 0) is 0 Å². The fourth-order valence-corrected chi connectivity index (χ4v) is 3.22. The smallest absolute Gasteiger partial charge is 0.229 e. The number of hydrogen-bond acceptors (Lipinski definition) is 7. The van der Waals surface area contributed by atoms with E-state index in [1.54, 1.807) is 6.20 Å². The second-order valence-corrected chi connectivity index (χ2v) is 6.48. The number of nitrogens with zero attached hydrogens (tertiary/aromatic N) is 5. The van der Waals surface area contributed by atoms with Crippen molar-refractivity contribution in [2.45, 2.75) is 6.92 Å². The van der Waals surface area contributed by atoms with Gasteiger partial charge in [-0.25, -0.2) is 9.97 Å². The molecule has 2 aromatic heterocycles. The average Bonchev–Trinajstić information content (AvgIpc) is 2.76. The lowest BCUT2D eigenvalue weighted by Crippen LogP contribution is -2.47. The fraction of sp³-hybridized carbons (Fsp3) is 0.286. The highest BCUT2D eigenvalue weighted by Gasteiger charge is 2.19. The number of nitrogens with one attached hydrogen (secondary N) is 1. The van der Waals surface area contributed by atoms with Crippen LogP contribution in [0.2, 0.25) is 0 Å². The van der Waals surface area contributed by atoms with E-state index in [0.29, 0.717) is 12.6 Å². The minimum absolute atomic E-state index is 0.591. The van der Waals surface area contributed by atoms with Crippen LogP contribution in [0.3, 0.4) is 0 Å². The monoisotopic (exact) mass is 376 g/mol. The number of benzene rings is 1. The molecule has 1 aromatic carbocycles. The predicted octanol–water partition coefficient (Wildman–Crippen LogP) is 3.34. The van der Waals surface area contributed by atoms with E-state index in [0.717, 1.165) is 49.3 Å². The maximum atomic E-state index is 5.48. The largest absolute Gasteiger partial charge is 0.494 e. The predicted molar refractivity (Wildman–Crippen MR) is 112 cm³/mol. The SMILES string of the molecule is CCOc1ccc(Nc2nccc(N3CCN(c4ccccn4)CC3)n2)cc1. The molecule has 7 heteroatoms. The molecular weight excluding hydrogens is 352 g/mol. The van der Waals surface area contributed by atoms with E-state index in [9.17, 15) is 0 Å². The van der Waals surface area contributed by atoms with Gasteiger partial charge in [-0.15, -0.1) is 0 Å². The average molecular weight is 376 g/mol. The van der Waals surface area contributed by atoms with Gasteiger partial charge in [-0.1, -0.05) is 6.07 Å². The third-order valence-electron chi connectivity index (χ3n) is 4.64. The highest BCUT2D eigenvalue weighted by Crippen LogP contribution is 2.21. The van der Waals surface area contributed by atoms with Gasteiger partial charge in [0.1, 0.15) is 17.4 Å². The number of ether oxygens (including phenoxy) is 1. The molecule has 0 bridgehead atoms. The summed E-state index contributed by atoms with van der Waals surface area (Å²) in [4.78, 5) is 18.1. The van der Waals surface area contributed by atoms with Crippen LogP contribution in [0.15, 0.2) is 60.9 Å². The van der Waals surface area contributed by atoms with Gasteiger partial charge in [-0.2, -0.15) is 4.98 Å². The molecule has 4 rings (SSSR count). The Bertz CT molecular complexity index is 879. The molecule has 3 aromatic rings. The van der Waals surface area contributed by atoms with Crippen LogP contribution in [0.1, 0.15) is 6.92 Å². The number of piperazine rings is 1. The summed E-state index contributed by atoms with van der Waals surface area (Å²) >= 11 is 0. The number of anilines is 4. The zero-order valence-electron chi connectivity index (χ0n) is 16.0. The maximum absolute atomic E-state index is 5.48. The van der Waals surface area contributed by atoms with Crippen molar-refractivity contribution in [1.29, 1.82) is 0 Å². The molecule has 1 N–H and O–H groups in total. The van der Waals surface area contributed by atoms with Gasteiger partial charge in [0, 0.05) is 44.3 Å². The standard InChI is InChI=1S/C21H24N6O/c1-2-28-18-8-6-17(7-9-18)24-21-23-12-10-20(25-21)27-15-13-26(14-16-27)19-5-3-4-11-22-19/h3-12H,2,13-16H2,1H3,(H,23,24,25). The van der Waals surface area contributed by atoms with Gasteiger partial charge in [0.25, 0.3) is 0 Å². The summed E-state index contributed by atoms with van der Waals surface area (Å²) in [5.41, 5.74) is 0.931. The molecule has 0 spiro atoms. The molecule has 1 aliphatic rings. The minimum Gasteiger partial charge on any atom is -0.494 e. The maximum Gasteiger partial charge on any atom is 0.229 e. The lowest BCUT2D eigenvalue weighted by atomic mass is 10.3. The Morgan fingerprint density at radius 2 is 1.61 bits per heavy atom. The van der Waals surface area contributed by atoms with Crippen LogP contribution in [-0.4, -0.2) is 47.7 Å². The zero-order chi connectivity index (χ0) is 19.2. The van der Waals surface area contributed by atoms with E-state index in [-0.39, 0.29) is 0 Å². The quantitative estimate of drug-likeness (QED) is 0.708. The first-order valence-electron chi connectivity index (χ1n) is 9.55. The molecule has 1 fully saturated rings. The number of hydrogen-bond donors (Lipinski definition) is 1. The molecule has 0 atom stereocenters. The van der Waals surface area contributed by atoms with Gasteiger partial charge in [-0.05, 0) is 49.4 Å². The van der Waals surface area contributed by atoms with Crippen LogP contribution in [0, 0.1) is 0 Å². The van der Waals surface area contributed by atoms with Crippen molar-refractivity contribution < 1.29 is 4.74 Å². The van der Waals surface area contributed by atoms with Gasteiger partial charge in [-0.3, -0.25) is 0 Å². The van der Waals surface area contributed by atoms with Crippen molar-refractivity contribution in [1.82, 2.24) is 15.0 Å². The third kappa shape index (κ3) is 4.31. The highest BCUT2D eigenvalue weighted by molar-refractivity contribution is 5.56. The normalized spacial score (nSPS) is 14.0. The molecule has 1 aliphatic heterocycles. The Balaban J connectivity index is 1.39. The van der Waals surface area contributed by atoms with Crippen molar-refractivity contribution in [2.24, 2.45) is 0 Å². The molecule has 3 heterocycles. The van der Waals surface area contributed by atoms with Crippen molar-refractivity contribution in [3.8, 4) is 5.75 Å². The van der Waals surface area contributed by atoms with Crippen LogP contribution in [0.5, 0.6) is 5.75 Å². The first kappa shape index (κ1) is 18.0. The molecule has 1 saturated heterocycles. The van der Waals surface area contributed by atoms with Crippen LogP contribution in [0.4, 0.5) is 23.3 Å². The Morgan fingerprint density at radius 1 is 0.857 bits per heavy atom. The number of rotatable bonds is 6. The highest BCUT2D eigenvalue weighted by atomic mass is 16.5. The van der Waals surface area contributed by atoms with E-state index < -0.39 is 0 Å². The third-order valence-corrected chi connectivity index (χ3v) is 4.64. The van der Waals surface area contributed by atoms with Crippen molar-refractivity contribution in [3.05, 3.63) is 60.9 Å². The molecule has 0 saturated carbocycles. The lowest BCUT2D eigenvalue weighted by Gasteiger charge is -2.36. The summed E-state index contributed by atoms with van der Waals surface area (Å²) in [5.74, 6) is 3.41. The minimum atomic E-state index is 0.591. The molecule has 0 aliphatic carbocycles. The Morgan fingerprint density at radius 3 is 2.29 bits per heavy atom. The molecule has 7 nitrogen and oxygen atoms in total. The van der Waals surface area contributed by atoms with Crippen LogP contribution < -0.4 is 19.9 Å². The van der Waals surface area contributed by atoms with Gasteiger partial charge in [0.05, 0.1) is 6.61 Å². The molecule has 0 amide bonds. The summed E-state index contributed by atoms with van der Waals surface area (Å²) in [6.07, 6.45) is 3.63. The van der Waals surface area contributed by atoms with E-state index >= 15 is 0 Å². The Hall–Kier alpha value is -3.35. The van der Waals surface area contributed by atoms with Gasteiger partial charge in [0.15, 0.2) is 0 Å². The second-order valence-electron chi connectivity index (χ2n) is 6.48. The van der Waals surface area contributed by atoms with Crippen molar-refractivity contribution in [2.75, 3.05) is 47.9 Å². The summed E-state index contributed by atoms with van der Waals surface area (Å²) in [5, 5.41) is 3.26. The molecule has 0 unspecified atom stereocenters. The first-order valence-corrected chi connectivity index (χ1v) is 9.55. The van der Waals surface area contributed by atoms with Crippen LogP contribution >= 0.6 is 0 Å². The van der Waals surface area contributed by atoms with E-state index in [2.05, 4.69) is 36.1 Å². The van der Waals surface area contributed by atoms with Crippen molar-refractivity contribution >= 4 is 23.3 Å². The van der Waals surface area contributed by atoms with Crippen molar-refractivity contribution in [3.63, 3.8) is 0 Å². The zero-order valence-corrected chi connectivity index (χ0v) is 16.0. The van der Waals surface area contributed by atoms with E-state index in [4.69, 9.17) is 4.74 Å². The lowest BCUT2D eigenvalue weighted by molar-refractivity contribution is 0.340. The summed E-state index contributed by atoms with van der Waals surface area (Å²) in [7, 11) is 0. The summed E-state index contributed by atoms with van der Waals surface area (Å²) in [6, 6.07) is 15.8. The van der Waals surface area contributed by atoms with Gasteiger partial charge >= 0.3 is 0 Å². The summed E-state index contributed by atoms with van der Waals surface area (Å²) in [6.45, 7) is 6.27. The molecule has 144 valence electrons. The van der Waals surface area contributed by atoms with Gasteiger partial charge in [0.2, 0.25) is 5.95 Å². The second kappa shape index (κ2) is 8.56. The number of aromatic nitrogens is 3. The fourth-order valence-electron chi connectivity index (χ4n) is 3.22. The number of pyridine rings is 1. The summed E-state index contributed by atoms with van der Waals surface area (Å²) < 4.78 is 5.48. The Kier molecular flexibility index (Phi) is 5.51. The van der Waals surface area contributed by atoms with Crippen LogP contribution in [0.25, 0.3) is 0 Å². The topological polar surface area (TPSA) is 66.4 Å². The molecule has 0 radical (unpaired) electrons. The van der Waals surface area contributed by atoms with E-state index in [1.165, 1.54) is 0 Å².